The molecule has 0 fully saturated rings. The number of carbonyl (C=O) groups is 2. The molecule has 8 nitrogen and oxygen atoms in total. The predicted octanol–water partition coefficient (Wildman–Crippen LogP) is 1.99. The lowest BCUT2D eigenvalue weighted by Crippen LogP contribution is -2.58. The lowest BCUT2D eigenvalue weighted by molar-refractivity contribution is -0.150. The summed E-state index contributed by atoms with van der Waals surface area (Å²) in [4.78, 5) is 41.9. The first-order valence-electron chi connectivity index (χ1n) is 9.86. The molecule has 30 heavy (non-hydrogen) atoms. The van der Waals surface area contributed by atoms with Crippen molar-refractivity contribution >= 4 is 23.5 Å². The zero-order valence-electron chi connectivity index (χ0n) is 17.3. The number of hydrogen-bond donors (Lipinski definition) is 1. The van der Waals surface area contributed by atoms with E-state index in [0.717, 1.165) is 0 Å². The van der Waals surface area contributed by atoms with Gasteiger partial charge in [-0.05, 0) is 32.4 Å². The van der Waals surface area contributed by atoms with Gasteiger partial charge in [-0.15, -0.1) is 0 Å². The summed E-state index contributed by atoms with van der Waals surface area (Å²) in [5.41, 5.74) is -0.331. The third-order valence-electron chi connectivity index (χ3n) is 5.95. The Morgan fingerprint density at radius 2 is 1.97 bits per heavy atom. The minimum atomic E-state index is -1.72. The number of nitrogens with zero attached hydrogens (tertiary/aromatic N) is 2. The summed E-state index contributed by atoms with van der Waals surface area (Å²) in [6, 6.07) is 8.66. The van der Waals surface area contributed by atoms with Crippen LogP contribution in [0.3, 0.4) is 0 Å². The van der Waals surface area contributed by atoms with Crippen LogP contribution in [0.2, 0.25) is 0 Å². The van der Waals surface area contributed by atoms with E-state index in [1.54, 1.807) is 51.2 Å². The number of aryl methyl sites for hydroxylation is 1. The Morgan fingerprint density at radius 1 is 1.27 bits per heavy atom. The highest BCUT2D eigenvalue weighted by Gasteiger charge is 2.65. The van der Waals surface area contributed by atoms with Crippen molar-refractivity contribution in [1.29, 1.82) is 5.41 Å². The maximum Gasteiger partial charge on any atom is 0.320 e. The van der Waals surface area contributed by atoms with E-state index in [9.17, 15) is 14.4 Å². The summed E-state index contributed by atoms with van der Waals surface area (Å²) < 4.78 is 12.4. The van der Waals surface area contributed by atoms with Crippen LogP contribution in [0.5, 0.6) is 5.75 Å². The number of ether oxygens (including phenoxy) is 2. The van der Waals surface area contributed by atoms with Gasteiger partial charge in [0.05, 0.1) is 12.2 Å². The zero-order chi connectivity index (χ0) is 21.8. The number of fused-ring (bicyclic) bond motifs is 4. The molecule has 0 saturated carbocycles. The summed E-state index contributed by atoms with van der Waals surface area (Å²) in [6.07, 6.45) is 0. The lowest BCUT2D eigenvalue weighted by atomic mass is 9.64. The maximum atomic E-state index is 13.8. The Labute approximate surface area is 173 Å². The van der Waals surface area contributed by atoms with E-state index in [2.05, 4.69) is 0 Å². The number of anilines is 1. The molecule has 0 saturated heterocycles. The van der Waals surface area contributed by atoms with Crippen molar-refractivity contribution in [2.24, 2.45) is 5.92 Å². The van der Waals surface area contributed by atoms with Crippen LogP contribution in [0.1, 0.15) is 30.7 Å². The summed E-state index contributed by atoms with van der Waals surface area (Å²) in [6.45, 7) is 5.71. The van der Waals surface area contributed by atoms with E-state index in [4.69, 9.17) is 14.9 Å². The zero-order valence-corrected chi connectivity index (χ0v) is 17.3. The number of likely N-dealkylation sites (N-methyl/N-ethyl adjacent to an activating group) is 1. The number of nitrogens with one attached hydrogen (secondary N) is 1. The summed E-state index contributed by atoms with van der Waals surface area (Å²) in [7, 11) is 1.60. The fourth-order valence-electron chi connectivity index (χ4n) is 4.71. The van der Waals surface area contributed by atoms with Crippen LogP contribution in [-0.4, -0.2) is 36.0 Å². The highest BCUT2D eigenvalue weighted by atomic mass is 16.5. The van der Waals surface area contributed by atoms with E-state index in [0.29, 0.717) is 23.5 Å². The van der Waals surface area contributed by atoms with Gasteiger partial charge in [-0.3, -0.25) is 19.8 Å². The molecule has 2 aliphatic heterocycles. The van der Waals surface area contributed by atoms with Gasteiger partial charge in [-0.2, -0.15) is 0 Å². The largest absolute Gasteiger partial charge is 0.465 e. The van der Waals surface area contributed by atoms with Gasteiger partial charge >= 0.3 is 5.97 Å². The molecule has 1 N–H and O–H groups in total. The Kier molecular flexibility index (Phi) is 4.52. The second-order valence-corrected chi connectivity index (χ2v) is 7.42. The smallest absolute Gasteiger partial charge is 0.320 e. The molecule has 3 heterocycles. The van der Waals surface area contributed by atoms with E-state index < -0.39 is 34.7 Å². The summed E-state index contributed by atoms with van der Waals surface area (Å²) in [5.74, 6) is -2.91. The van der Waals surface area contributed by atoms with Crippen molar-refractivity contribution < 1.29 is 19.1 Å². The average Bonchev–Trinajstić information content (AvgIpc) is 2.91. The van der Waals surface area contributed by atoms with Gasteiger partial charge in [0.15, 0.2) is 5.92 Å². The molecular weight excluding hydrogens is 386 g/mol. The first-order chi connectivity index (χ1) is 14.3. The third kappa shape index (κ3) is 2.33. The number of hydrogen-bond acceptors (Lipinski definition) is 6. The Bertz CT molecular complexity index is 1150. The van der Waals surface area contributed by atoms with Gasteiger partial charge in [0.2, 0.25) is 11.8 Å². The standard InChI is InChI=1S/C22H23N3O5/c1-5-25-12(3)11-15-16(19(25)26)22(17(18(23)30-15)20(27)29-6-2)13-9-7-8-10-14(13)24(4)21(22)28/h7-11,17,23H,5-6H2,1-4H3. The van der Waals surface area contributed by atoms with Crippen LogP contribution in [0.4, 0.5) is 5.69 Å². The maximum absolute atomic E-state index is 13.8. The van der Waals surface area contributed by atoms with E-state index >= 15 is 0 Å². The van der Waals surface area contributed by atoms with E-state index in [1.807, 2.05) is 6.92 Å². The van der Waals surface area contributed by atoms with Gasteiger partial charge < -0.3 is 18.9 Å². The number of carbonyl (C=O) groups excluding carboxylic acids is 2. The Hall–Kier alpha value is -3.42. The monoisotopic (exact) mass is 409 g/mol. The van der Waals surface area contributed by atoms with Crippen molar-refractivity contribution in [3.8, 4) is 5.75 Å². The van der Waals surface area contributed by atoms with Gasteiger partial charge in [0.25, 0.3) is 5.56 Å². The van der Waals surface area contributed by atoms with Gasteiger partial charge in [0, 0.05) is 31.0 Å². The molecule has 4 rings (SSSR count). The minimum absolute atomic E-state index is 0.0737. The molecule has 156 valence electrons. The molecule has 8 heteroatoms. The fraction of sp³-hybridized carbons (Fsp3) is 0.364. The van der Waals surface area contributed by atoms with Crippen molar-refractivity contribution in [3.63, 3.8) is 0 Å². The highest BCUT2D eigenvalue weighted by molar-refractivity contribution is 6.18. The van der Waals surface area contributed by atoms with E-state index in [-0.39, 0.29) is 17.9 Å². The number of pyridine rings is 1. The third-order valence-corrected chi connectivity index (χ3v) is 5.95. The van der Waals surface area contributed by atoms with Gasteiger partial charge in [-0.1, -0.05) is 18.2 Å². The average molecular weight is 409 g/mol. The molecule has 1 spiro atoms. The number of esters is 1. The second-order valence-electron chi connectivity index (χ2n) is 7.42. The predicted molar refractivity (Wildman–Crippen MR) is 110 cm³/mol. The van der Waals surface area contributed by atoms with Crippen LogP contribution in [0.15, 0.2) is 35.1 Å². The molecule has 2 aliphatic rings. The Morgan fingerprint density at radius 3 is 2.63 bits per heavy atom. The summed E-state index contributed by atoms with van der Waals surface area (Å²) >= 11 is 0. The SMILES string of the molecule is CCOC(=O)C1C(=N)Oc2cc(C)n(CC)c(=O)c2C12C(=O)N(C)c1ccccc12. The molecule has 2 aromatic rings. The van der Waals surface area contributed by atoms with Gasteiger partial charge in [0.1, 0.15) is 11.2 Å². The number of benzene rings is 1. The Balaban J connectivity index is 2.18. The molecule has 1 aromatic heterocycles. The van der Waals surface area contributed by atoms with Crippen molar-refractivity contribution in [2.75, 3.05) is 18.6 Å². The van der Waals surface area contributed by atoms with Crippen molar-refractivity contribution in [3.05, 3.63) is 57.5 Å². The molecule has 1 amide bonds. The topological polar surface area (TPSA) is 102 Å². The molecule has 2 unspecified atom stereocenters. The van der Waals surface area contributed by atoms with Crippen LogP contribution in [-0.2, 0) is 26.3 Å². The van der Waals surface area contributed by atoms with Crippen LogP contribution in [0, 0.1) is 18.3 Å². The number of amides is 1. The van der Waals surface area contributed by atoms with Crippen LogP contribution >= 0.6 is 0 Å². The normalized spacial score (nSPS) is 22.0. The van der Waals surface area contributed by atoms with E-state index in [1.165, 1.54) is 9.47 Å². The first kappa shape index (κ1) is 19.9. The molecular formula is C22H23N3O5. The first-order valence-corrected chi connectivity index (χ1v) is 9.86. The molecule has 2 atom stereocenters. The number of para-hydroxylation sites is 1. The van der Waals surface area contributed by atoms with Gasteiger partial charge in [-0.25, -0.2) is 0 Å². The number of aromatic nitrogens is 1. The fourth-order valence-corrected chi connectivity index (χ4v) is 4.71. The molecule has 0 bridgehead atoms. The highest BCUT2D eigenvalue weighted by Crippen LogP contribution is 2.54. The molecule has 0 aliphatic carbocycles. The second kappa shape index (κ2) is 6.83. The summed E-state index contributed by atoms with van der Waals surface area (Å²) in [5, 5.41) is 8.51. The molecule has 0 radical (unpaired) electrons. The van der Waals surface area contributed by atoms with Crippen molar-refractivity contribution in [2.45, 2.75) is 32.7 Å². The van der Waals surface area contributed by atoms with Crippen molar-refractivity contribution in [1.82, 2.24) is 4.57 Å². The molecule has 1 aromatic carbocycles. The van der Waals surface area contributed by atoms with Crippen LogP contribution in [0.25, 0.3) is 0 Å². The minimum Gasteiger partial charge on any atom is -0.465 e. The quantitative estimate of drug-likeness (QED) is 0.781. The number of rotatable bonds is 3. The van der Waals surface area contributed by atoms with Crippen LogP contribution < -0.4 is 15.2 Å². The lowest BCUT2D eigenvalue weighted by Gasteiger charge is -2.39.